The SMILES string of the molecule is CCCCCC1CCC(C(=O)N(C)[C@@H](C)[C@@H](OC(=O)c2ccc(-c3ccc(C#N)cc3)cc2)c2ccccc2)CC1. The first-order valence-corrected chi connectivity index (χ1v) is 15.0. The summed E-state index contributed by atoms with van der Waals surface area (Å²) in [4.78, 5) is 28.7. The minimum absolute atomic E-state index is 0.0340. The largest absolute Gasteiger partial charge is 0.452 e. The number of carbonyl (C=O) groups is 2. The van der Waals surface area contributed by atoms with Gasteiger partial charge in [0, 0.05) is 13.0 Å². The Balaban J connectivity index is 1.43. The van der Waals surface area contributed by atoms with Gasteiger partial charge in [-0.25, -0.2) is 4.79 Å². The molecule has 1 amide bonds. The van der Waals surface area contributed by atoms with E-state index in [1.807, 2.05) is 68.6 Å². The fraction of sp³-hybridized carbons (Fsp3) is 0.417. The number of nitrogens with zero attached hydrogens (tertiary/aromatic N) is 2. The van der Waals surface area contributed by atoms with E-state index in [4.69, 9.17) is 10.00 Å². The van der Waals surface area contributed by atoms with Gasteiger partial charge < -0.3 is 9.64 Å². The summed E-state index contributed by atoms with van der Waals surface area (Å²) in [5, 5.41) is 9.04. The van der Waals surface area contributed by atoms with Crippen molar-refractivity contribution in [3.05, 3.63) is 95.6 Å². The quantitative estimate of drug-likeness (QED) is 0.178. The number of hydrogen-bond donors (Lipinski definition) is 0. The number of rotatable bonds is 11. The Morgan fingerprint density at radius 3 is 2.10 bits per heavy atom. The molecule has 0 saturated heterocycles. The van der Waals surface area contributed by atoms with E-state index in [1.165, 1.54) is 25.7 Å². The van der Waals surface area contributed by atoms with Crippen molar-refractivity contribution in [1.29, 1.82) is 5.26 Å². The third kappa shape index (κ3) is 7.85. The number of benzene rings is 3. The van der Waals surface area contributed by atoms with Gasteiger partial charge in [0.2, 0.25) is 5.91 Å². The summed E-state index contributed by atoms with van der Waals surface area (Å²) in [6.07, 6.45) is 8.63. The van der Waals surface area contributed by atoms with Gasteiger partial charge in [-0.1, -0.05) is 87.2 Å². The molecule has 0 N–H and O–H groups in total. The standard InChI is InChI=1S/C36H42N2O3/c1-4-5-7-10-27-13-19-32(20-14-27)35(39)38(3)26(2)34(31-11-8-6-9-12-31)41-36(40)33-23-21-30(22-24-33)29-17-15-28(25-37)16-18-29/h6,8-9,11-12,15-18,21-24,26-27,32,34H,4-5,7,10,13-14,19-20H2,1-3H3/t26-,27?,32?,34+/m0/s1. The van der Waals surface area contributed by atoms with Crippen LogP contribution in [0.2, 0.25) is 0 Å². The topological polar surface area (TPSA) is 70.4 Å². The van der Waals surface area contributed by atoms with Crippen molar-refractivity contribution in [1.82, 2.24) is 4.90 Å². The molecule has 0 unspecified atom stereocenters. The van der Waals surface area contributed by atoms with Crippen LogP contribution in [0, 0.1) is 23.2 Å². The van der Waals surface area contributed by atoms with Gasteiger partial charge in [0.15, 0.2) is 0 Å². The van der Waals surface area contributed by atoms with Crippen molar-refractivity contribution < 1.29 is 14.3 Å². The number of amides is 1. The molecule has 1 aliphatic carbocycles. The molecule has 0 radical (unpaired) electrons. The third-order valence-corrected chi connectivity index (χ3v) is 8.64. The lowest BCUT2D eigenvalue weighted by molar-refractivity contribution is -0.139. The average molecular weight is 551 g/mol. The molecule has 2 atom stereocenters. The van der Waals surface area contributed by atoms with Crippen LogP contribution in [0.25, 0.3) is 11.1 Å². The van der Waals surface area contributed by atoms with Crippen molar-refractivity contribution in [3.8, 4) is 17.2 Å². The molecule has 0 spiro atoms. The molecule has 0 bridgehead atoms. The predicted molar refractivity (Wildman–Crippen MR) is 163 cm³/mol. The molecule has 0 aromatic heterocycles. The maximum atomic E-state index is 13.6. The maximum Gasteiger partial charge on any atom is 0.338 e. The molecule has 1 saturated carbocycles. The number of carbonyl (C=O) groups excluding carboxylic acids is 2. The van der Waals surface area contributed by atoms with Crippen LogP contribution >= 0.6 is 0 Å². The summed E-state index contributed by atoms with van der Waals surface area (Å²) in [5.41, 5.74) is 3.83. The molecule has 1 aliphatic rings. The van der Waals surface area contributed by atoms with E-state index in [0.717, 1.165) is 48.3 Å². The van der Waals surface area contributed by atoms with E-state index in [1.54, 1.807) is 29.2 Å². The summed E-state index contributed by atoms with van der Waals surface area (Å²) in [6.45, 7) is 4.20. The molecule has 3 aromatic rings. The van der Waals surface area contributed by atoms with Crippen molar-refractivity contribution in [2.24, 2.45) is 11.8 Å². The predicted octanol–water partition coefficient (Wildman–Crippen LogP) is 8.36. The van der Waals surface area contributed by atoms with Crippen LogP contribution in [-0.4, -0.2) is 29.9 Å². The number of likely N-dealkylation sites (N-methyl/N-ethyl adjacent to an activating group) is 1. The zero-order chi connectivity index (χ0) is 29.2. The molecule has 4 rings (SSSR count). The number of nitriles is 1. The van der Waals surface area contributed by atoms with Crippen molar-refractivity contribution in [2.75, 3.05) is 7.05 Å². The smallest absolute Gasteiger partial charge is 0.338 e. The summed E-state index contributed by atoms with van der Waals surface area (Å²) >= 11 is 0. The Bertz CT molecular complexity index is 1300. The second-order valence-corrected chi connectivity index (χ2v) is 11.4. The fourth-order valence-corrected chi connectivity index (χ4v) is 5.88. The summed E-state index contributed by atoms with van der Waals surface area (Å²) in [6, 6.07) is 26.1. The summed E-state index contributed by atoms with van der Waals surface area (Å²) < 4.78 is 6.12. The van der Waals surface area contributed by atoms with Gasteiger partial charge in [0.1, 0.15) is 6.10 Å². The highest BCUT2D eigenvalue weighted by Gasteiger charge is 2.34. The Kier molecular flexibility index (Phi) is 10.7. The maximum absolute atomic E-state index is 13.6. The van der Waals surface area contributed by atoms with Crippen LogP contribution in [0.1, 0.15) is 92.8 Å². The molecular formula is C36H42N2O3. The van der Waals surface area contributed by atoms with Crippen molar-refractivity contribution in [3.63, 3.8) is 0 Å². The van der Waals surface area contributed by atoms with E-state index in [2.05, 4.69) is 13.0 Å². The molecule has 41 heavy (non-hydrogen) atoms. The summed E-state index contributed by atoms with van der Waals surface area (Å²) in [5.74, 6) is 0.500. The van der Waals surface area contributed by atoms with Gasteiger partial charge in [-0.05, 0) is 79.5 Å². The highest BCUT2D eigenvalue weighted by molar-refractivity contribution is 5.90. The first-order valence-electron chi connectivity index (χ1n) is 15.0. The molecule has 0 heterocycles. The van der Waals surface area contributed by atoms with E-state index >= 15 is 0 Å². The van der Waals surface area contributed by atoms with Crippen molar-refractivity contribution in [2.45, 2.75) is 77.4 Å². The number of hydrogen-bond acceptors (Lipinski definition) is 4. The monoisotopic (exact) mass is 550 g/mol. The van der Waals surface area contributed by atoms with E-state index in [-0.39, 0.29) is 17.9 Å². The van der Waals surface area contributed by atoms with Gasteiger partial charge in [0.25, 0.3) is 0 Å². The van der Waals surface area contributed by atoms with Gasteiger partial charge >= 0.3 is 5.97 Å². The molecule has 1 fully saturated rings. The van der Waals surface area contributed by atoms with Crippen molar-refractivity contribution >= 4 is 11.9 Å². The van der Waals surface area contributed by atoms with Gasteiger partial charge in [-0.2, -0.15) is 5.26 Å². The second-order valence-electron chi connectivity index (χ2n) is 11.4. The van der Waals surface area contributed by atoms with Crippen LogP contribution in [0.4, 0.5) is 0 Å². The third-order valence-electron chi connectivity index (χ3n) is 8.64. The van der Waals surface area contributed by atoms with E-state index < -0.39 is 12.1 Å². The Morgan fingerprint density at radius 1 is 0.902 bits per heavy atom. The highest BCUT2D eigenvalue weighted by atomic mass is 16.5. The molecule has 3 aromatic carbocycles. The van der Waals surface area contributed by atoms with Crippen LogP contribution < -0.4 is 0 Å². The fourth-order valence-electron chi connectivity index (χ4n) is 5.88. The zero-order valence-corrected chi connectivity index (χ0v) is 24.6. The molecule has 5 nitrogen and oxygen atoms in total. The molecular weight excluding hydrogens is 508 g/mol. The zero-order valence-electron chi connectivity index (χ0n) is 24.6. The average Bonchev–Trinajstić information content (AvgIpc) is 3.03. The van der Waals surface area contributed by atoms with E-state index in [0.29, 0.717) is 11.1 Å². The lowest BCUT2D eigenvalue weighted by atomic mass is 9.79. The van der Waals surface area contributed by atoms with Gasteiger partial charge in [0.05, 0.1) is 23.2 Å². The highest BCUT2D eigenvalue weighted by Crippen LogP contribution is 2.34. The van der Waals surface area contributed by atoms with Crippen LogP contribution in [0.3, 0.4) is 0 Å². The second kappa shape index (κ2) is 14.6. The number of unbranched alkanes of at least 4 members (excludes halogenated alkanes) is 2. The lowest BCUT2D eigenvalue weighted by Crippen LogP contribution is -2.44. The first-order chi connectivity index (χ1) is 19.9. The molecule has 5 heteroatoms. The van der Waals surface area contributed by atoms with Gasteiger partial charge in [-0.15, -0.1) is 0 Å². The lowest BCUT2D eigenvalue weighted by Gasteiger charge is -2.36. The Hall–Kier alpha value is -3.91. The van der Waals surface area contributed by atoms with Crippen LogP contribution in [0.15, 0.2) is 78.9 Å². The van der Waals surface area contributed by atoms with E-state index in [9.17, 15) is 9.59 Å². The number of ether oxygens (including phenoxy) is 1. The minimum Gasteiger partial charge on any atom is -0.452 e. The number of esters is 1. The minimum atomic E-state index is -0.596. The van der Waals surface area contributed by atoms with Gasteiger partial charge in [-0.3, -0.25) is 4.79 Å². The van der Waals surface area contributed by atoms with Crippen LogP contribution in [-0.2, 0) is 9.53 Å². The van der Waals surface area contributed by atoms with Crippen LogP contribution in [0.5, 0.6) is 0 Å². The summed E-state index contributed by atoms with van der Waals surface area (Å²) in [7, 11) is 1.84. The molecule has 214 valence electrons. The molecule has 0 aliphatic heterocycles. The normalized spacial score (nSPS) is 18.1. The Morgan fingerprint density at radius 2 is 1.51 bits per heavy atom. The Labute approximate surface area is 245 Å². The first kappa shape index (κ1) is 30.1.